The van der Waals surface area contributed by atoms with Crippen molar-refractivity contribution >= 4 is 11.6 Å². The Kier molecular flexibility index (Phi) is 6.95. The topological polar surface area (TPSA) is 110 Å². The zero-order chi connectivity index (χ0) is 20.0. The number of likely N-dealkylation sites (N-methyl/N-ethyl adjacent to an activating group) is 1. The van der Waals surface area contributed by atoms with Crippen LogP contribution in [0.4, 0.5) is 5.82 Å². The van der Waals surface area contributed by atoms with Gasteiger partial charge in [-0.2, -0.15) is 0 Å². The van der Waals surface area contributed by atoms with Crippen molar-refractivity contribution in [2.24, 2.45) is 0 Å². The van der Waals surface area contributed by atoms with Crippen molar-refractivity contribution in [2.45, 2.75) is 33.4 Å². The molecular weight excluding hydrogens is 348 g/mol. The van der Waals surface area contributed by atoms with Gasteiger partial charge in [-0.15, -0.1) is 0 Å². The first-order valence-corrected chi connectivity index (χ1v) is 8.93. The number of benzene rings is 1. The summed E-state index contributed by atoms with van der Waals surface area (Å²) in [5.41, 5.74) is 5.43. The summed E-state index contributed by atoms with van der Waals surface area (Å²) in [5.74, 6) is 0.287. The second kappa shape index (κ2) is 9.18. The van der Waals surface area contributed by atoms with Crippen LogP contribution < -0.4 is 21.7 Å². The summed E-state index contributed by atoms with van der Waals surface area (Å²) in [6.07, 6.45) is 0.654. The lowest BCUT2D eigenvalue weighted by molar-refractivity contribution is 0.0941. The Hall–Kier alpha value is -2.87. The van der Waals surface area contributed by atoms with Crippen molar-refractivity contribution in [1.29, 1.82) is 0 Å². The number of hydrogen-bond acceptors (Lipinski definition) is 6. The van der Waals surface area contributed by atoms with Gasteiger partial charge in [0.1, 0.15) is 17.1 Å². The van der Waals surface area contributed by atoms with Crippen LogP contribution in [0.25, 0.3) is 0 Å². The maximum Gasteiger partial charge on any atom is 0.329 e. The number of nitrogen functional groups attached to an aromatic ring is 1. The zero-order valence-corrected chi connectivity index (χ0v) is 15.9. The van der Waals surface area contributed by atoms with Gasteiger partial charge < -0.3 is 10.5 Å². The molecule has 0 bridgehead atoms. The van der Waals surface area contributed by atoms with E-state index in [2.05, 4.69) is 4.98 Å². The van der Waals surface area contributed by atoms with E-state index in [1.807, 2.05) is 38.1 Å². The van der Waals surface area contributed by atoms with Crippen LogP contribution in [0.2, 0.25) is 0 Å². The van der Waals surface area contributed by atoms with Crippen LogP contribution in [0.3, 0.4) is 0 Å². The smallest absolute Gasteiger partial charge is 0.329 e. The molecule has 146 valence electrons. The average molecular weight is 374 g/mol. The highest BCUT2D eigenvalue weighted by atomic mass is 16.5. The zero-order valence-electron chi connectivity index (χ0n) is 15.9. The number of anilines is 1. The normalized spacial score (nSPS) is 11.0. The molecule has 3 N–H and O–H groups in total. The molecule has 0 aliphatic rings. The Bertz CT molecular complexity index is 899. The van der Waals surface area contributed by atoms with Gasteiger partial charge in [0.2, 0.25) is 0 Å². The largest absolute Gasteiger partial charge is 0.494 e. The van der Waals surface area contributed by atoms with Gasteiger partial charge in [-0.3, -0.25) is 24.0 Å². The molecule has 0 aliphatic heterocycles. The summed E-state index contributed by atoms with van der Waals surface area (Å²) in [5, 5.41) is 0. The molecule has 27 heavy (non-hydrogen) atoms. The van der Waals surface area contributed by atoms with Crippen LogP contribution in [-0.4, -0.2) is 40.4 Å². The Morgan fingerprint density at radius 2 is 1.89 bits per heavy atom. The second-order valence-electron chi connectivity index (χ2n) is 6.34. The van der Waals surface area contributed by atoms with E-state index in [-0.39, 0.29) is 17.9 Å². The van der Waals surface area contributed by atoms with Crippen LogP contribution >= 0.6 is 0 Å². The number of rotatable bonds is 9. The first-order valence-electron chi connectivity index (χ1n) is 8.93. The molecule has 1 aromatic carbocycles. The first kappa shape index (κ1) is 20.4. The number of ether oxygens (including phenoxy) is 1. The second-order valence-corrected chi connectivity index (χ2v) is 6.34. The van der Waals surface area contributed by atoms with Gasteiger partial charge >= 0.3 is 5.69 Å². The molecule has 2 rings (SSSR count). The fourth-order valence-corrected chi connectivity index (χ4v) is 2.85. The number of aromatic nitrogens is 2. The molecule has 8 heteroatoms. The summed E-state index contributed by atoms with van der Waals surface area (Å²) in [6.45, 7) is 5.26. The molecule has 0 radical (unpaired) electrons. The predicted octanol–water partition coefficient (Wildman–Crippen LogP) is 1.24. The summed E-state index contributed by atoms with van der Waals surface area (Å²) < 4.78 is 6.63. The standard InChI is InChI=1S/C19H26N4O4/c1-4-10-23-17(20)16(18(25)21-19(23)26)15(24)12-22(3)11-13-6-8-14(9-7-13)27-5-2/h6-9H,4-5,10-12,20H2,1-3H3,(H,21,25,26). The quantitative estimate of drug-likeness (QED) is 0.639. The number of hydrogen-bond donors (Lipinski definition) is 2. The van der Waals surface area contributed by atoms with Crippen LogP contribution in [0, 0.1) is 0 Å². The van der Waals surface area contributed by atoms with E-state index in [0.29, 0.717) is 26.1 Å². The molecule has 0 spiro atoms. The van der Waals surface area contributed by atoms with E-state index in [1.54, 1.807) is 11.9 Å². The highest BCUT2D eigenvalue weighted by molar-refractivity contribution is 6.01. The Morgan fingerprint density at radius 1 is 1.22 bits per heavy atom. The maximum atomic E-state index is 12.6. The van der Waals surface area contributed by atoms with Crippen molar-refractivity contribution in [3.63, 3.8) is 0 Å². The van der Waals surface area contributed by atoms with Crippen molar-refractivity contribution in [3.8, 4) is 5.75 Å². The van der Waals surface area contributed by atoms with Crippen molar-refractivity contribution in [2.75, 3.05) is 25.9 Å². The minimum absolute atomic E-state index is 0.00478. The number of aromatic amines is 1. The maximum absolute atomic E-state index is 12.6. The van der Waals surface area contributed by atoms with Crippen molar-refractivity contribution < 1.29 is 9.53 Å². The van der Waals surface area contributed by atoms with Crippen molar-refractivity contribution in [3.05, 3.63) is 56.2 Å². The number of Topliss-reactive ketones (excluding diaryl/α,β-unsaturated/α-hetero) is 1. The molecule has 2 aromatic rings. The molecule has 0 saturated heterocycles. The van der Waals surface area contributed by atoms with Gasteiger partial charge in [0.05, 0.1) is 13.2 Å². The van der Waals surface area contributed by atoms with E-state index < -0.39 is 17.0 Å². The van der Waals surface area contributed by atoms with Crippen LogP contribution in [0.5, 0.6) is 5.75 Å². The van der Waals surface area contributed by atoms with Gasteiger partial charge in [-0.1, -0.05) is 19.1 Å². The molecule has 8 nitrogen and oxygen atoms in total. The third-order valence-corrected chi connectivity index (χ3v) is 4.07. The van der Waals surface area contributed by atoms with E-state index in [9.17, 15) is 14.4 Å². The Labute approximate surface area is 157 Å². The number of nitrogens with two attached hydrogens (primary N) is 1. The summed E-state index contributed by atoms with van der Waals surface area (Å²) >= 11 is 0. The Balaban J connectivity index is 2.13. The molecule has 0 saturated carbocycles. The highest BCUT2D eigenvalue weighted by Crippen LogP contribution is 2.14. The lowest BCUT2D eigenvalue weighted by Gasteiger charge is -2.17. The van der Waals surface area contributed by atoms with Gasteiger partial charge in [0, 0.05) is 13.1 Å². The van der Waals surface area contributed by atoms with Gasteiger partial charge in [0.25, 0.3) is 5.56 Å². The van der Waals surface area contributed by atoms with E-state index in [1.165, 1.54) is 4.57 Å². The fraction of sp³-hybridized carbons (Fsp3) is 0.421. The van der Waals surface area contributed by atoms with Crippen molar-refractivity contribution in [1.82, 2.24) is 14.5 Å². The number of carbonyl (C=O) groups is 1. The number of nitrogens with one attached hydrogen (secondary N) is 1. The van der Waals surface area contributed by atoms with Gasteiger partial charge in [-0.05, 0) is 38.1 Å². The lowest BCUT2D eigenvalue weighted by Crippen LogP contribution is -2.38. The Morgan fingerprint density at radius 3 is 2.48 bits per heavy atom. The molecule has 0 unspecified atom stereocenters. The van der Waals surface area contributed by atoms with E-state index >= 15 is 0 Å². The first-order chi connectivity index (χ1) is 12.9. The summed E-state index contributed by atoms with van der Waals surface area (Å²) in [7, 11) is 1.78. The molecule has 0 amide bonds. The predicted molar refractivity (Wildman–Crippen MR) is 104 cm³/mol. The van der Waals surface area contributed by atoms with Crippen LogP contribution in [0.1, 0.15) is 36.2 Å². The van der Waals surface area contributed by atoms with E-state index in [4.69, 9.17) is 10.5 Å². The number of H-pyrrole nitrogens is 1. The number of nitrogens with zero attached hydrogens (tertiary/aromatic N) is 2. The monoisotopic (exact) mass is 374 g/mol. The molecule has 0 aliphatic carbocycles. The summed E-state index contributed by atoms with van der Waals surface area (Å²) in [6, 6.07) is 7.60. The molecule has 0 fully saturated rings. The average Bonchev–Trinajstić information content (AvgIpc) is 2.60. The third kappa shape index (κ3) is 5.07. The molecule has 0 atom stereocenters. The number of ketones is 1. The van der Waals surface area contributed by atoms with Gasteiger partial charge in [-0.25, -0.2) is 4.79 Å². The molecule has 1 heterocycles. The summed E-state index contributed by atoms with van der Waals surface area (Å²) in [4.78, 5) is 40.5. The highest BCUT2D eigenvalue weighted by Gasteiger charge is 2.20. The van der Waals surface area contributed by atoms with Crippen LogP contribution in [-0.2, 0) is 13.1 Å². The van der Waals surface area contributed by atoms with Crippen LogP contribution in [0.15, 0.2) is 33.9 Å². The van der Waals surface area contributed by atoms with E-state index in [0.717, 1.165) is 11.3 Å². The lowest BCUT2D eigenvalue weighted by atomic mass is 10.1. The minimum Gasteiger partial charge on any atom is -0.494 e. The van der Waals surface area contributed by atoms with Gasteiger partial charge in [0.15, 0.2) is 5.78 Å². The third-order valence-electron chi connectivity index (χ3n) is 4.07. The SMILES string of the molecule is CCCn1c(N)c(C(=O)CN(C)Cc2ccc(OCC)cc2)c(=O)[nH]c1=O. The molecular formula is C19H26N4O4. The number of carbonyl (C=O) groups excluding carboxylic acids is 1. The molecule has 1 aromatic heterocycles. The fourth-order valence-electron chi connectivity index (χ4n) is 2.85. The minimum atomic E-state index is -0.746.